The van der Waals surface area contributed by atoms with Gasteiger partial charge in [0.1, 0.15) is 0 Å². The van der Waals surface area contributed by atoms with Crippen molar-refractivity contribution >= 4 is 17.0 Å². The first-order chi connectivity index (χ1) is 6.04. The molecular formula is C6H5NNa2O5S. The summed E-state index contributed by atoms with van der Waals surface area (Å²) in [6, 6.07) is 7.93. The zero-order chi connectivity index (χ0) is 10.3. The maximum absolute atomic E-state index is 10.0. The monoisotopic (exact) mass is 249 g/mol. The number of nitrogens with zero attached hydrogens (tertiary/aromatic N) is 1. The Bertz CT molecular complexity index is 293. The molecule has 0 amide bonds. The SMILES string of the molecule is O=S([O-])[O-].O=[N+]([O-])c1ccccc1.[Na+].[Na+]. The van der Waals surface area contributed by atoms with Crippen LogP contribution in [-0.2, 0) is 11.4 Å². The number of benzene rings is 1. The first-order valence-corrected chi connectivity index (χ1v) is 4.00. The molecule has 0 spiro atoms. The quantitative estimate of drug-likeness (QED) is 0.214. The van der Waals surface area contributed by atoms with Crippen molar-refractivity contribution in [2.45, 2.75) is 0 Å². The summed E-state index contributed by atoms with van der Waals surface area (Å²) in [4.78, 5) is 9.59. The first-order valence-electron chi connectivity index (χ1n) is 3.00. The summed E-state index contributed by atoms with van der Waals surface area (Å²) in [5.41, 5.74) is 0.137. The average molecular weight is 249 g/mol. The van der Waals surface area contributed by atoms with Gasteiger partial charge in [-0.15, -0.1) is 11.4 Å². The molecule has 1 rings (SSSR count). The predicted molar refractivity (Wildman–Crippen MR) is 42.8 cm³/mol. The van der Waals surface area contributed by atoms with E-state index in [0.29, 0.717) is 0 Å². The van der Waals surface area contributed by atoms with Gasteiger partial charge in [0.25, 0.3) is 5.69 Å². The van der Waals surface area contributed by atoms with Gasteiger partial charge in [-0.1, -0.05) is 18.2 Å². The molecule has 0 N–H and O–H groups in total. The van der Waals surface area contributed by atoms with Crippen molar-refractivity contribution in [3.8, 4) is 0 Å². The molecule has 0 aliphatic rings. The Balaban J connectivity index is -0.000000213. The Labute approximate surface area is 133 Å². The molecule has 6 nitrogen and oxygen atoms in total. The molecule has 0 atom stereocenters. The second-order valence-electron chi connectivity index (χ2n) is 1.80. The van der Waals surface area contributed by atoms with Gasteiger partial charge in [0.05, 0.1) is 4.92 Å². The summed E-state index contributed by atoms with van der Waals surface area (Å²) in [7, 11) is 0. The molecule has 0 saturated heterocycles. The smallest absolute Gasteiger partial charge is 0.784 e. The van der Waals surface area contributed by atoms with Gasteiger partial charge in [-0.25, -0.2) is 0 Å². The molecule has 0 heterocycles. The Hall–Kier alpha value is 0.690. The van der Waals surface area contributed by atoms with Gasteiger partial charge < -0.3 is 9.11 Å². The molecular weight excluding hydrogens is 244 g/mol. The fraction of sp³-hybridized carbons (Fsp3) is 0. The van der Waals surface area contributed by atoms with Crippen molar-refractivity contribution in [2.24, 2.45) is 0 Å². The van der Waals surface area contributed by atoms with Gasteiger partial charge >= 0.3 is 59.1 Å². The van der Waals surface area contributed by atoms with Crippen molar-refractivity contribution < 1.29 is 77.4 Å². The third-order valence-electron chi connectivity index (χ3n) is 0.967. The number of hydrogen-bond donors (Lipinski definition) is 0. The molecule has 0 bridgehead atoms. The molecule has 0 radical (unpaired) electrons. The van der Waals surface area contributed by atoms with E-state index in [9.17, 15) is 10.1 Å². The molecule has 0 fully saturated rings. The Morgan fingerprint density at radius 2 is 1.40 bits per heavy atom. The Morgan fingerprint density at radius 1 is 1.07 bits per heavy atom. The fourth-order valence-electron chi connectivity index (χ4n) is 0.550. The Kier molecular flexibility index (Phi) is 17.9. The molecule has 1 aromatic carbocycles. The van der Waals surface area contributed by atoms with E-state index in [4.69, 9.17) is 13.3 Å². The van der Waals surface area contributed by atoms with Crippen molar-refractivity contribution in [3.05, 3.63) is 40.4 Å². The van der Waals surface area contributed by atoms with E-state index < -0.39 is 16.3 Å². The second-order valence-corrected chi connectivity index (χ2v) is 2.21. The van der Waals surface area contributed by atoms with E-state index in [1.54, 1.807) is 18.2 Å². The van der Waals surface area contributed by atoms with Crippen LogP contribution >= 0.6 is 0 Å². The van der Waals surface area contributed by atoms with Gasteiger partial charge in [-0.2, -0.15) is 0 Å². The van der Waals surface area contributed by atoms with Crippen molar-refractivity contribution in [3.63, 3.8) is 0 Å². The third-order valence-corrected chi connectivity index (χ3v) is 0.967. The molecule has 72 valence electrons. The summed E-state index contributed by atoms with van der Waals surface area (Å²) < 4.78 is 25.3. The summed E-state index contributed by atoms with van der Waals surface area (Å²) in [5.74, 6) is 0. The van der Waals surface area contributed by atoms with Crippen molar-refractivity contribution in [1.29, 1.82) is 0 Å². The van der Waals surface area contributed by atoms with Gasteiger partial charge in [0.15, 0.2) is 0 Å². The standard InChI is InChI=1S/C6H5NO2.2Na.H2O3S/c8-7(9)6-4-2-1-3-5-6;;;1-4(2)3/h1-5H;;;(H2,1,2,3)/q;2*+1;/p-2. The molecule has 0 unspecified atom stereocenters. The van der Waals surface area contributed by atoms with E-state index in [1.165, 1.54) is 12.1 Å². The van der Waals surface area contributed by atoms with Gasteiger partial charge in [0, 0.05) is 12.1 Å². The zero-order valence-corrected chi connectivity index (χ0v) is 13.1. The predicted octanol–water partition coefficient (Wildman–Crippen LogP) is -5.40. The van der Waals surface area contributed by atoms with Crippen LogP contribution in [0.1, 0.15) is 0 Å². The zero-order valence-electron chi connectivity index (χ0n) is 8.28. The number of non-ortho nitro benzene ring substituents is 1. The van der Waals surface area contributed by atoms with Crippen LogP contribution < -0.4 is 59.1 Å². The summed E-state index contributed by atoms with van der Waals surface area (Å²) in [6.45, 7) is 0. The maximum atomic E-state index is 10.0. The van der Waals surface area contributed by atoms with Crippen LogP contribution in [0, 0.1) is 10.1 Å². The van der Waals surface area contributed by atoms with E-state index in [1.807, 2.05) is 0 Å². The largest absolute Gasteiger partial charge is 1.00 e. The minimum atomic E-state index is -3.11. The van der Waals surface area contributed by atoms with Crippen LogP contribution in [-0.4, -0.2) is 18.2 Å². The molecule has 9 heteroatoms. The minimum absolute atomic E-state index is 0. The van der Waals surface area contributed by atoms with Crippen molar-refractivity contribution in [1.82, 2.24) is 0 Å². The molecule has 0 aromatic heterocycles. The molecule has 0 aliphatic heterocycles. The van der Waals surface area contributed by atoms with Gasteiger partial charge in [-0.05, 0) is 0 Å². The van der Waals surface area contributed by atoms with Crippen LogP contribution in [0.25, 0.3) is 0 Å². The maximum Gasteiger partial charge on any atom is 1.00 e. The van der Waals surface area contributed by atoms with E-state index in [0.717, 1.165) is 0 Å². The summed E-state index contributed by atoms with van der Waals surface area (Å²) >= 11 is -3.11. The topological polar surface area (TPSA) is 106 Å². The van der Waals surface area contributed by atoms with Crippen LogP contribution in [0.3, 0.4) is 0 Å². The van der Waals surface area contributed by atoms with Gasteiger partial charge in [0.2, 0.25) is 0 Å². The summed E-state index contributed by atoms with van der Waals surface area (Å²) in [5, 5.41) is 10.0. The van der Waals surface area contributed by atoms with Crippen LogP contribution in [0.5, 0.6) is 0 Å². The number of hydrogen-bond acceptors (Lipinski definition) is 5. The van der Waals surface area contributed by atoms with E-state index >= 15 is 0 Å². The van der Waals surface area contributed by atoms with E-state index in [2.05, 4.69) is 0 Å². The molecule has 0 aliphatic carbocycles. The van der Waals surface area contributed by atoms with Gasteiger partial charge in [-0.3, -0.25) is 14.3 Å². The van der Waals surface area contributed by atoms with Crippen LogP contribution in [0.4, 0.5) is 5.69 Å². The Morgan fingerprint density at radius 3 is 1.60 bits per heavy atom. The number of nitro groups is 1. The first kappa shape index (κ1) is 21.0. The van der Waals surface area contributed by atoms with Crippen LogP contribution in [0.15, 0.2) is 30.3 Å². The number of nitro benzene ring substituents is 1. The second kappa shape index (κ2) is 12.8. The van der Waals surface area contributed by atoms with Crippen LogP contribution in [0.2, 0.25) is 0 Å². The fourth-order valence-corrected chi connectivity index (χ4v) is 0.550. The normalized spacial score (nSPS) is 7.67. The molecule has 0 saturated carbocycles. The number of rotatable bonds is 1. The molecule has 15 heavy (non-hydrogen) atoms. The number of para-hydroxylation sites is 1. The average Bonchev–Trinajstić information content (AvgIpc) is 2.05. The third kappa shape index (κ3) is 14.7. The summed E-state index contributed by atoms with van der Waals surface area (Å²) in [6.07, 6.45) is 0. The molecule has 1 aromatic rings. The minimum Gasteiger partial charge on any atom is -0.784 e. The van der Waals surface area contributed by atoms with Crippen molar-refractivity contribution in [2.75, 3.05) is 0 Å². The van der Waals surface area contributed by atoms with E-state index in [-0.39, 0.29) is 64.8 Å².